The fourth-order valence-electron chi connectivity index (χ4n) is 1.18. The fourth-order valence-corrected chi connectivity index (χ4v) is 1.18. The summed E-state index contributed by atoms with van der Waals surface area (Å²) in [6, 6.07) is 1.82. The van der Waals surface area contributed by atoms with E-state index in [-0.39, 0.29) is 5.95 Å². The maximum atomic E-state index is 5.47. The van der Waals surface area contributed by atoms with Gasteiger partial charge in [0.15, 0.2) is 5.82 Å². The SMILES string of the molecule is Cc1cc(-n2nc(N)nc2C)ncn1. The van der Waals surface area contributed by atoms with E-state index in [4.69, 9.17) is 5.73 Å². The normalized spacial score (nSPS) is 10.4. The topological polar surface area (TPSA) is 82.5 Å². The zero-order valence-electron chi connectivity index (χ0n) is 7.97. The van der Waals surface area contributed by atoms with Crippen molar-refractivity contribution in [3.05, 3.63) is 23.9 Å². The highest BCUT2D eigenvalue weighted by Gasteiger charge is 2.06. The average Bonchev–Trinajstić information content (AvgIpc) is 2.45. The van der Waals surface area contributed by atoms with Crippen LogP contribution < -0.4 is 5.73 Å². The van der Waals surface area contributed by atoms with Crippen LogP contribution in [0.3, 0.4) is 0 Å². The predicted molar refractivity (Wildman–Crippen MR) is 50.8 cm³/mol. The summed E-state index contributed by atoms with van der Waals surface area (Å²) in [5.41, 5.74) is 6.35. The van der Waals surface area contributed by atoms with E-state index in [9.17, 15) is 0 Å². The van der Waals surface area contributed by atoms with E-state index in [2.05, 4.69) is 20.1 Å². The molecule has 0 aromatic carbocycles. The second-order valence-corrected chi connectivity index (χ2v) is 2.95. The van der Waals surface area contributed by atoms with Crippen LogP contribution >= 0.6 is 0 Å². The van der Waals surface area contributed by atoms with Crippen LogP contribution in [0.15, 0.2) is 12.4 Å². The molecule has 2 rings (SSSR count). The Kier molecular flexibility index (Phi) is 1.88. The summed E-state index contributed by atoms with van der Waals surface area (Å²) in [5.74, 6) is 1.64. The molecule has 14 heavy (non-hydrogen) atoms. The first kappa shape index (κ1) is 8.61. The molecule has 0 unspecified atom stereocenters. The minimum absolute atomic E-state index is 0.249. The number of hydrogen-bond donors (Lipinski definition) is 1. The Balaban J connectivity index is 2.54. The maximum absolute atomic E-state index is 5.47. The molecule has 0 amide bonds. The number of aromatic nitrogens is 5. The highest BCUT2D eigenvalue weighted by atomic mass is 15.4. The first-order valence-electron chi connectivity index (χ1n) is 4.15. The standard InChI is InChI=1S/C8H10N6/c1-5-3-7(11-4-10-5)14-6(2)12-8(9)13-14/h3-4H,1-2H3,(H2,9,13). The Morgan fingerprint density at radius 1 is 1.29 bits per heavy atom. The van der Waals surface area contributed by atoms with Gasteiger partial charge in [0.2, 0.25) is 5.95 Å². The molecular weight excluding hydrogens is 180 g/mol. The van der Waals surface area contributed by atoms with E-state index >= 15 is 0 Å². The molecule has 0 saturated carbocycles. The molecule has 6 heteroatoms. The summed E-state index contributed by atoms with van der Waals surface area (Å²) in [7, 11) is 0. The fraction of sp³-hybridized carbons (Fsp3) is 0.250. The van der Waals surface area contributed by atoms with Gasteiger partial charge in [-0.15, -0.1) is 5.10 Å². The molecule has 6 nitrogen and oxygen atoms in total. The van der Waals surface area contributed by atoms with Crippen molar-refractivity contribution in [2.24, 2.45) is 0 Å². The van der Waals surface area contributed by atoms with Crippen LogP contribution in [0.4, 0.5) is 5.95 Å². The van der Waals surface area contributed by atoms with E-state index in [1.165, 1.54) is 6.33 Å². The van der Waals surface area contributed by atoms with Gasteiger partial charge in [-0.25, -0.2) is 9.97 Å². The van der Waals surface area contributed by atoms with Crippen molar-refractivity contribution < 1.29 is 0 Å². The van der Waals surface area contributed by atoms with Gasteiger partial charge >= 0.3 is 0 Å². The number of nitrogen functional groups attached to an aromatic ring is 1. The van der Waals surface area contributed by atoms with Gasteiger partial charge in [0, 0.05) is 11.8 Å². The van der Waals surface area contributed by atoms with Gasteiger partial charge in [-0.1, -0.05) is 0 Å². The van der Waals surface area contributed by atoms with Crippen LogP contribution in [-0.4, -0.2) is 24.7 Å². The zero-order chi connectivity index (χ0) is 10.1. The lowest BCUT2D eigenvalue weighted by Gasteiger charge is -2.00. The van der Waals surface area contributed by atoms with Crippen LogP contribution in [0.5, 0.6) is 0 Å². The van der Waals surface area contributed by atoms with Gasteiger partial charge in [-0.05, 0) is 13.8 Å². The summed E-state index contributed by atoms with van der Waals surface area (Å²) in [5, 5.41) is 4.01. The van der Waals surface area contributed by atoms with Gasteiger partial charge in [0.05, 0.1) is 0 Å². The minimum atomic E-state index is 0.249. The molecule has 72 valence electrons. The Bertz CT molecular complexity index is 461. The lowest BCUT2D eigenvalue weighted by Crippen LogP contribution is -2.03. The van der Waals surface area contributed by atoms with E-state index in [1.54, 1.807) is 4.68 Å². The highest BCUT2D eigenvalue weighted by molar-refractivity contribution is 5.26. The van der Waals surface area contributed by atoms with Crippen molar-refractivity contribution >= 4 is 5.95 Å². The van der Waals surface area contributed by atoms with Gasteiger partial charge in [-0.2, -0.15) is 9.67 Å². The van der Waals surface area contributed by atoms with E-state index < -0.39 is 0 Å². The van der Waals surface area contributed by atoms with Crippen molar-refractivity contribution in [1.29, 1.82) is 0 Å². The molecule has 0 saturated heterocycles. The molecular formula is C8H10N6. The van der Waals surface area contributed by atoms with Gasteiger partial charge < -0.3 is 5.73 Å². The molecule has 2 aromatic rings. The second-order valence-electron chi connectivity index (χ2n) is 2.95. The molecule has 0 atom stereocenters. The maximum Gasteiger partial charge on any atom is 0.240 e. The Labute approximate surface area is 80.8 Å². The second kappa shape index (κ2) is 3.06. The van der Waals surface area contributed by atoms with Crippen LogP contribution in [0, 0.1) is 13.8 Å². The third-order valence-corrected chi connectivity index (χ3v) is 1.79. The van der Waals surface area contributed by atoms with Crippen molar-refractivity contribution in [3.8, 4) is 5.82 Å². The molecule has 2 heterocycles. The first-order valence-corrected chi connectivity index (χ1v) is 4.15. The number of anilines is 1. The van der Waals surface area contributed by atoms with E-state index in [0.717, 1.165) is 5.69 Å². The van der Waals surface area contributed by atoms with Crippen molar-refractivity contribution in [1.82, 2.24) is 24.7 Å². The quantitative estimate of drug-likeness (QED) is 0.697. The van der Waals surface area contributed by atoms with Gasteiger partial charge in [0.25, 0.3) is 0 Å². The highest BCUT2D eigenvalue weighted by Crippen LogP contribution is 2.07. The van der Waals surface area contributed by atoms with Gasteiger partial charge in [0.1, 0.15) is 12.2 Å². The Morgan fingerprint density at radius 3 is 2.64 bits per heavy atom. The lowest BCUT2D eigenvalue weighted by molar-refractivity contribution is 0.804. The minimum Gasteiger partial charge on any atom is -0.366 e. The summed E-state index contributed by atoms with van der Waals surface area (Å²) in [6.07, 6.45) is 1.49. The smallest absolute Gasteiger partial charge is 0.240 e. The lowest BCUT2D eigenvalue weighted by atomic mass is 10.4. The molecule has 0 aliphatic heterocycles. The summed E-state index contributed by atoms with van der Waals surface area (Å²) >= 11 is 0. The third-order valence-electron chi connectivity index (χ3n) is 1.79. The summed E-state index contributed by atoms with van der Waals surface area (Å²) < 4.78 is 1.59. The molecule has 0 spiro atoms. The van der Waals surface area contributed by atoms with Crippen LogP contribution in [0.2, 0.25) is 0 Å². The molecule has 0 bridgehead atoms. The third kappa shape index (κ3) is 1.41. The van der Waals surface area contributed by atoms with Crippen LogP contribution in [0.25, 0.3) is 5.82 Å². The molecule has 2 aromatic heterocycles. The summed E-state index contributed by atoms with van der Waals surface area (Å²) in [4.78, 5) is 12.1. The molecule has 2 N–H and O–H groups in total. The Hall–Kier alpha value is -1.98. The van der Waals surface area contributed by atoms with Crippen molar-refractivity contribution in [3.63, 3.8) is 0 Å². The first-order chi connectivity index (χ1) is 6.66. The molecule has 0 radical (unpaired) electrons. The number of rotatable bonds is 1. The number of nitrogens with two attached hydrogens (primary N) is 1. The van der Waals surface area contributed by atoms with Gasteiger partial charge in [-0.3, -0.25) is 0 Å². The molecule has 0 fully saturated rings. The zero-order valence-corrected chi connectivity index (χ0v) is 7.97. The number of aryl methyl sites for hydroxylation is 2. The van der Waals surface area contributed by atoms with Crippen LogP contribution in [0.1, 0.15) is 11.5 Å². The number of hydrogen-bond acceptors (Lipinski definition) is 5. The van der Waals surface area contributed by atoms with Crippen molar-refractivity contribution in [2.75, 3.05) is 5.73 Å². The van der Waals surface area contributed by atoms with Crippen molar-refractivity contribution in [2.45, 2.75) is 13.8 Å². The van der Waals surface area contributed by atoms with E-state index in [1.807, 2.05) is 19.9 Å². The number of nitrogens with zero attached hydrogens (tertiary/aromatic N) is 5. The monoisotopic (exact) mass is 190 g/mol. The molecule has 0 aliphatic carbocycles. The molecule has 0 aliphatic rings. The van der Waals surface area contributed by atoms with E-state index in [0.29, 0.717) is 11.6 Å². The largest absolute Gasteiger partial charge is 0.366 e. The Morgan fingerprint density at radius 2 is 2.07 bits per heavy atom. The van der Waals surface area contributed by atoms with Crippen LogP contribution in [-0.2, 0) is 0 Å². The average molecular weight is 190 g/mol. The predicted octanol–water partition coefficient (Wildman–Crippen LogP) is 0.256. The summed E-state index contributed by atoms with van der Waals surface area (Å²) in [6.45, 7) is 3.71.